The first-order valence-corrected chi connectivity index (χ1v) is 5.51. The highest BCUT2D eigenvalue weighted by Crippen LogP contribution is 2.33. The van der Waals surface area contributed by atoms with Gasteiger partial charge in [-0.15, -0.1) is 12.4 Å². The van der Waals surface area contributed by atoms with Gasteiger partial charge < -0.3 is 15.8 Å². The summed E-state index contributed by atoms with van der Waals surface area (Å²) in [4.78, 5) is 11.6. The molecule has 114 valence electrons. The van der Waals surface area contributed by atoms with Gasteiger partial charge in [-0.3, -0.25) is 4.79 Å². The van der Waals surface area contributed by atoms with Crippen LogP contribution in [0, 0.1) is 6.92 Å². The van der Waals surface area contributed by atoms with E-state index in [2.05, 4.69) is 5.32 Å². The van der Waals surface area contributed by atoms with Crippen molar-refractivity contribution in [1.29, 1.82) is 0 Å². The van der Waals surface area contributed by atoms with E-state index in [9.17, 15) is 18.0 Å². The van der Waals surface area contributed by atoms with Crippen molar-refractivity contribution in [2.45, 2.75) is 19.2 Å². The Morgan fingerprint density at radius 1 is 1.45 bits per heavy atom. The molecule has 0 aromatic heterocycles. The number of hydrogen-bond acceptors (Lipinski definition) is 3. The van der Waals surface area contributed by atoms with E-state index in [4.69, 9.17) is 10.5 Å². The Kier molecular flexibility index (Phi) is 6.98. The van der Waals surface area contributed by atoms with Gasteiger partial charge in [0.25, 0.3) is 5.91 Å². The van der Waals surface area contributed by atoms with E-state index in [0.29, 0.717) is 0 Å². The van der Waals surface area contributed by atoms with E-state index < -0.39 is 23.8 Å². The van der Waals surface area contributed by atoms with Crippen molar-refractivity contribution in [3.8, 4) is 0 Å². The van der Waals surface area contributed by atoms with Gasteiger partial charge >= 0.3 is 6.18 Å². The molecule has 0 saturated heterocycles. The standard InChI is InChI=1S/C12H15F3N2O2.ClH/c1-7-3-4-8(5-9(7)12(13,14)15)17-11(18)10(6-16)19-2;/h3-5,10H,6,16H2,1-2H3,(H,17,18);1H. The summed E-state index contributed by atoms with van der Waals surface area (Å²) in [5.74, 6) is -0.582. The quantitative estimate of drug-likeness (QED) is 0.897. The van der Waals surface area contributed by atoms with Crippen molar-refractivity contribution in [1.82, 2.24) is 0 Å². The van der Waals surface area contributed by atoms with E-state index >= 15 is 0 Å². The number of carbonyl (C=O) groups is 1. The van der Waals surface area contributed by atoms with Gasteiger partial charge in [0.05, 0.1) is 5.56 Å². The normalized spacial score (nSPS) is 12.5. The summed E-state index contributed by atoms with van der Waals surface area (Å²) < 4.78 is 42.9. The summed E-state index contributed by atoms with van der Waals surface area (Å²) in [6.07, 6.45) is -5.35. The molecular formula is C12H16ClF3N2O2. The molecule has 1 aromatic carbocycles. The first-order valence-electron chi connectivity index (χ1n) is 5.51. The molecule has 0 heterocycles. The number of ether oxygens (including phenoxy) is 1. The minimum atomic E-state index is -4.46. The van der Waals surface area contributed by atoms with E-state index in [1.54, 1.807) is 0 Å². The molecule has 4 nitrogen and oxygen atoms in total. The maximum Gasteiger partial charge on any atom is 0.416 e. The van der Waals surface area contributed by atoms with Crippen molar-refractivity contribution in [2.75, 3.05) is 19.0 Å². The van der Waals surface area contributed by atoms with Crippen LogP contribution >= 0.6 is 12.4 Å². The first kappa shape index (κ1) is 18.7. The van der Waals surface area contributed by atoms with Gasteiger partial charge in [0, 0.05) is 19.3 Å². The lowest BCUT2D eigenvalue weighted by Gasteiger charge is -2.15. The van der Waals surface area contributed by atoms with Gasteiger partial charge in [-0.2, -0.15) is 13.2 Å². The van der Waals surface area contributed by atoms with E-state index in [-0.39, 0.29) is 30.2 Å². The van der Waals surface area contributed by atoms with Gasteiger partial charge in [0.15, 0.2) is 0 Å². The zero-order valence-corrected chi connectivity index (χ0v) is 11.8. The SMILES string of the molecule is COC(CN)C(=O)Nc1ccc(C)c(C(F)(F)F)c1.Cl. The summed E-state index contributed by atoms with van der Waals surface area (Å²) in [6, 6.07) is 3.57. The number of alkyl halides is 3. The number of hydrogen-bond donors (Lipinski definition) is 2. The minimum Gasteiger partial charge on any atom is -0.370 e. The van der Waals surface area contributed by atoms with Crippen molar-refractivity contribution in [2.24, 2.45) is 5.73 Å². The maximum atomic E-state index is 12.7. The summed E-state index contributed by atoms with van der Waals surface area (Å²) in [5.41, 5.74) is 4.65. The van der Waals surface area contributed by atoms with Gasteiger partial charge in [0.1, 0.15) is 6.10 Å². The average Bonchev–Trinajstić information content (AvgIpc) is 2.31. The van der Waals surface area contributed by atoms with Crippen LogP contribution in [0.2, 0.25) is 0 Å². The molecule has 8 heteroatoms. The van der Waals surface area contributed by atoms with E-state index in [1.807, 2.05) is 0 Å². The molecule has 0 aliphatic rings. The first-order chi connectivity index (χ1) is 8.79. The number of methoxy groups -OCH3 is 1. The van der Waals surface area contributed by atoms with Crippen LogP contribution in [-0.4, -0.2) is 25.7 Å². The lowest BCUT2D eigenvalue weighted by molar-refractivity contribution is -0.138. The topological polar surface area (TPSA) is 64.3 Å². The number of halogens is 4. The molecule has 1 unspecified atom stereocenters. The number of nitrogens with two attached hydrogens (primary N) is 1. The fraction of sp³-hybridized carbons (Fsp3) is 0.417. The summed E-state index contributed by atoms with van der Waals surface area (Å²) >= 11 is 0. The third-order valence-corrected chi connectivity index (χ3v) is 2.60. The molecule has 0 radical (unpaired) electrons. The molecule has 1 amide bonds. The zero-order chi connectivity index (χ0) is 14.6. The molecule has 0 fully saturated rings. The average molecular weight is 313 g/mol. The van der Waals surface area contributed by atoms with Crippen LogP contribution in [-0.2, 0) is 15.7 Å². The van der Waals surface area contributed by atoms with Crippen LogP contribution in [0.5, 0.6) is 0 Å². The maximum absolute atomic E-state index is 12.7. The molecule has 1 aromatic rings. The van der Waals surface area contributed by atoms with Gasteiger partial charge in [0.2, 0.25) is 0 Å². The highest BCUT2D eigenvalue weighted by atomic mass is 35.5. The third-order valence-electron chi connectivity index (χ3n) is 2.60. The van der Waals surface area contributed by atoms with Crippen LogP contribution in [0.4, 0.5) is 18.9 Å². The summed E-state index contributed by atoms with van der Waals surface area (Å²) in [6.45, 7) is 1.30. The third kappa shape index (κ3) is 4.66. The van der Waals surface area contributed by atoms with Crippen LogP contribution < -0.4 is 11.1 Å². The predicted octanol–water partition coefficient (Wildman–Crippen LogP) is 2.35. The fourth-order valence-electron chi connectivity index (χ4n) is 1.54. The summed E-state index contributed by atoms with van der Waals surface area (Å²) in [7, 11) is 1.30. The van der Waals surface area contributed by atoms with Crippen LogP contribution in [0.15, 0.2) is 18.2 Å². The van der Waals surface area contributed by atoms with Gasteiger partial charge in [-0.1, -0.05) is 6.07 Å². The largest absolute Gasteiger partial charge is 0.416 e. The number of aryl methyl sites for hydroxylation is 1. The molecule has 0 spiro atoms. The molecule has 0 aliphatic heterocycles. The number of nitrogens with one attached hydrogen (secondary N) is 1. The van der Waals surface area contributed by atoms with Crippen molar-refractivity contribution in [3.05, 3.63) is 29.3 Å². The summed E-state index contributed by atoms with van der Waals surface area (Å²) in [5, 5.41) is 2.34. The van der Waals surface area contributed by atoms with Gasteiger partial charge in [-0.25, -0.2) is 0 Å². The Balaban J connectivity index is 0.00000361. The Bertz CT molecular complexity index is 463. The Morgan fingerprint density at radius 2 is 2.05 bits per heavy atom. The van der Waals surface area contributed by atoms with Crippen molar-refractivity contribution >= 4 is 24.0 Å². The highest BCUT2D eigenvalue weighted by Gasteiger charge is 2.32. The Hall–Kier alpha value is -1.31. The number of amides is 1. The fourth-order valence-corrected chi connectivity index (χ4v) is 1.54. The smallest absolute Gasteiger partial charge is 0.370 e. The number of benzene rings is 1. The molecule has 1 rings (SSSR count). The lowest BCUT2D eigenvalue weighted by Crippen LogP contribution is -2.35. The molecule has 20 heavy (non-hydrogen) atoms. The van der Waals surface area contributed by atoms with Crippen LogP contribution in [0.1, 0.15) is 11.1 Å². The van der Waals surface area contributed by atoms with Gasteiger partial charge in [-0.05, 0) is 24.6 Å². The number of rotatable bonds is 4. The highest BCUT2D eigenvalue weighted by molar-refractivity contribution is 5.94. The number of carbonyl (C=O) groups excluding carboxylic acids is 1. The van der Waals surface area contributed by atoms with E-state index in [0.717, 1.165) is 6.07 Å². The van der Waals surface area contributed by atoms with Crippen molar-refractivity contribution < 1.29 is 22.7 Å². The minimum absolute atomic E-state index is 0. The molecule has 0 bridgehead atoms. The second-order valence-corrected chi connectivity index (χ2v) is 3.98. The molecule has 3 N–H and O–H groups in total. The second kappa shape index (κ2) is 7.47. The monoisotopic (exact) mass is 312 g/mol. The molecular weight excluding hydrogens is 297 g/mol. The Morgan fingerprint density at radius 3 is 2.50 bits per heavy atom. The van der Waals surface area contributed by atoms with Crippen LogP contribution in [0.25, 0.3) is 0 Å². The molecule has 0 saturated carbocycles. The number of anilines is 1. The van der Waals surface area contributed by atoms with Crippen molar-refractivity contribution in [3.63, 3.8) is 0 Å². The Labute approximate surface area is 120 Å². The zero-order valence-electron chi connectivity index (χ0n) is 11.0. The lowest BCUT2D eigenvalue weighted by atomic mass is 10.1. The predicted molar refractivity (Wildman–Crippen MR) is 71.9 cm³/mol. The molecule has 1 atom stereocenters. The second-order valence-electron chi connectivity index (χ2n) is 3.98. The van der Waals surface area contributed by atoms with E-state index in [1.165, 1.54) is 26.2 Å². The van der Waals surface area contributed by atoms with Crippen LogP contribution in [0.3, 0.4) is 0 Å². The molecule has 0 aliphatic carbocycles.